The molecule has 3 rings (SSSR count). The van der Waals surface area contributed by atoms with Crippen molar-refractivity contribution < 1.29 is 14.3 Å². The molecule has 1 aromatic rings. The van der Waals surface area contributed by atoms with E-state index in [0.717, 1.165) is 38.8 Å². The monoisotopic (exact) mass is 374 g/mol. The van der Waals surface area contributed by atoms with Crippen molar-refractivity contribution in [3.63, 3.8) is 0 Å². The van der Waals surface area contributed by atoms with Gasteiger partial charge in [0, 0.05) is 18.4 Å². The molecule has 2 amide bonds. The fourth-order valence-corrected chi connectivity index (χ4v) is 3.16. The minimum atomic E-state index is -0.709. The van der Waals surface area contributed by atoms with E-state index in [4.69, 9.17) is 4.74 Å². The van der Waals surface area contributed by atoms with E-state index in [1.165, 1.54) is 6.20 Å². The van der Waals surface area contributed by atoms with Crippen LogP contribution in [0.5, 0.6) is 0 Å². The Morgan fingerprint density at radius 3 is 2.74 bits per heavy atom. The first-order chi connectivity index (χ1) is 13.0. The number of piperidine rings is 1. The second kappa shape index (κ2) is 8.80. The van der Waals surface area contributed by atoms with Crippen molar-refractivity contribution in [2.45, 2.75) is 44.7 Å². The maximum Gasteiger partial charge on any atom is 0.253 e. The molecule has 1 aliphatic carbocycles. The van der Waals surface area contributed by atoms with Crippen molar-refractivity contribution in [1.29, 1.82) is 0 Å². The Labute approximate surface area is 160 Å². The van der Waals surface area contributed by atoms with Crippen molar-refractivity contribution in [2.24, 2.45) is 5.41 Å². The Morgan fingerprint density at radius 2 is 2.11 bits per heavy atom. The largest absolute Gasteiger partial charge is 0.378 e. The van der Waals surface area contributed by atoms with Gasteiger partial charge in [0.25, 0.3) is 5.91 Å². The minimum Gasteiger partial charge on any atom is -0.378 e. The topological polar surface area (TPSA) is 83.6 Å². The van der Waals surface area contributed by atoms with Crippen molar-refractivity contribution in [3.05, 3.63) is 30.1 Å². The van der Waals surface area contributed by atoms with Crippen LogP contribution in [0.15, 0.2) is 24.5 Å². The quantitative estimate of drug-likeness (QED) is 0.715. The molecule has 27 heavy (non-hydrogen) atoms. The predicted molar refractivity (Wildman–Crippen MR) is 102 cm³/mol. The van der Waals surface area contributed by atoms with Crippen molar-refractivity contribution >= 4 is 11.8 Å². The molecule has 2 heterocycles. The molecule has 148 valence electrons. The fraction of sp³-hybridized carbons (Fsp3) is 0.650. The van der Waals surface area contributed by atoms with Crippen LogP contribution >= 0.6 is 0 Å². The van der Waals surface area contributed by atoms with E-state index < -0.39 is 6.04 Å². The van der Waals surface area contributed by atoms with Crippen LogP contribution in [0.2, 0.25) is 0 Å². The van der Waals surface area contributed by atoms with Crippen LogP contribution < -0.4 is 10.6 Å². The van der Waals surface area contributed by atoms with E-state index in [1.54, 1.807) is 18.3 Å². The lowest BCUT2D eigenvalue weighted by Gasteiger charge is -2.30. The van der Waals surface area contributed by atoms with Gasteiger partial charge >= 0.3 is 0 Å². The molecular weight excluding hydrogens is 344 g/mol. The lowest BCUT2D eigenvalue weighted by atomic mass is 10.0. The Morgan fingerprint density at radius 1 is 1.37 bits per heavy atom. The van der Waals surface area contributed by atoms with Crippen LogP contribution in [-0.2, 0) is 9.53 Å². The molecule has 1 aromatic heterocycles. The van der Waals surface area contributed by atoms with Gasteiger partial charge in [-0.25, -0.2) is 0 Å². The third-order valence-electron chi connectivity index (χ3n) is 5.45. The molecule has 1 saturated carbocycles. The summed E-state index contributed by atoms with van der Waals surface area (Å²) in [5.74, 6) is -0.490. The van der Waals surface area contributed by atoms with E-state index in [0.29, 0.717) is 12.2 Å². The standard InChI is InChI=1S/C20H30N4O3/c1-20(7-8-20)14-27-13-17(23-18(25)15-4-3-9-21-12-15)19(26)22-16-5-10-24(2)11-6-16/h3-4,9,12,16-17H,5-8,10-11,13-14H2,1-2H3,(H,22,26)(H,23,25)/t17-/m1/s1. The van der Waals surface area contributed by atoms with Crippen LogP contribution in [0.25, 0.3) is 0 Å². The first-order valence-corrected chi connectivity index (χ1v) is 9.73. The predicted octanol–water partition coefficient (Wildman–Crippen LogP) is 1.21. The van der Waals surface area contributed by atoms with Crippen molar-refractivity contribution in [1.82, 2.24) is 20.5 Å². The van der Waals surface area contributed by atoms with Gasteiger partial charge < -0.3 is 20.3 Å². The van der Waals surface area contributed by atoms with Gasteiger partial charge in [0.2, 0.25) is 5.91 Å². The fourth-order valence-electron chi connectivity index (χ4n) is 3.16. The number of aromatic nitrogens is 1. The van der Waals surface area contributed by atoms with Gasteiger partial charge in [-0.3, -0.25) is 14.6 Å². The summed E-state index contributed by atoms with van der Waals surface area (Å²) >= 11 is 0. The Hall–Kier alpha value is -1.99. The summed E-state index contributed by atoms with van der Waals surface area (Å²) in [7, 11) is 2.08. The number of nitrogens with one attached hydrogen (secondary N) is 2. The average molecular weight is 374 g/mol. The highest BCUT2D eigenvalue weighted by molar-refractivity contribution is 5.97. The smallest absolute Gasteiger partial charge is 0.253 e. The molecule has 7 heteroatoms. The van der Waals surface area contributed by atoms with Gasteiger partial charge in [0.15, 0.2) is 0 Å². The van der Waals surface area contributed by atoms with Gasteiger partial charge in [0.05, 0.1) is 18.8 Å². The Balaban J connectivity index is 1.57. The van der Waals surface area contributed by atoms with Gasteiger partial charge in [-0.05, 0) is 63.4 Å². The molecule has 2 fully saturated rings. The normalized spacial score (nSPS) is 20.7. The number of nitrogens with zero attached hydrogens (tertiary/aromatic N) is 2. The number of likely N-dealkylation sites (tertiary alicyclic amines) is 1. The highest BCUT2D eigenvalue weighted by Crippen LogP contribution is 2.44. The zero-order valence-electron chi connectivity index (χ0n) is 16.2. The summed E-state index contributed by atoms with van der Waals surface area (Å²) in [4.78, 5) is 31.5. The zero-order valence-corrected chi connectivity index (χ0v) is 16.2. The zero-order chi connectivity index (χ0) is 19.3. The van der Waals surface area contributed by atoms with Crippen LogP contribution in [0.3, 0.4) is 0 Å². The van der Waals surface area contributed by atoms with Crippen LogP contribution in [0, 0.1) is 5.41 Å². The van der Waals surface area contributed by atoms with E-state index >= 15 is 0 Å². The van der Waals surface area contributed by atoms with Crippen molar-refractivity contribution in [2.75, 3.05) is 33.4 Å². The summed E-state index contributed by atoms with van der Waals surface area (Å²) in [5.41, 5.74) is 0.672. The van der Waals surface area contributed by atoms with E-state index in [-0.39, 0.29) is 29.9 Å². The summed E-state index contributed by atoms with van der Waals surface area (Å²) in [5, 5.41) is 5.90. The molecule has 0 aromatic carbocycles. The molecule has 2 aliphatic rings. The molecule has 0 spiro atoms. The lowest BCUT2D eigenvalue weighted by molar-refractivity contribution is -0.125. The molecule has 2 N–H and O–H groups in total. The number of carbonyl (C=O) groups excluding carboxylic acids is 2. The lowest BCUT2D eigenvalue weighted by Crippen LogP contribution is -2.53. The third kappa shape index (κ3) is 6.01. The maximum absolute atomic E-state index is 12.8. The van der Waals surface area contributed by atoms with Gasteiger partial charge in [-0.1, -0.05) is 6.92 Å². The van der Waals surface area contributed by atoms with Crippen LogP contribution in [0.4, 0.5) is 0 Å². The first-order valence-electron chi connectivity index (χ1n) is 9.73. The number of hydrogen-bond donors (Lipinski definition) is 2. The number of pyridine rings is 1. The first kappa shape index (κ1) is 19.8. The highest BCUT2D eigenvalue weighted by atomic mass is 16.5. The van der Waals surface area contributed by atoms with E-state index in [1.807, 2.05) is 0 Å². The summed E-state index contributed by atoms with van der Waals surface area (Å²) in [6.45, 7) is 4.90. The molecule has 1 saturated heterocycles. The van der Waals surface area contributed by atoms with Crippen molar-refractivity contribution in [3.8, 4) is 0 Å². The molecular formula is C20H30N4O3. The summed E-state index contributed by atoms with van der Waals surface area (Å²) in [6, 6.07) is 2.82. The van der Waals surface area contributed by atoms with Gasteiger partial charge in [-0.2, -0.15) is 0 Å². The molecule has 0 bridgehead atoms. The highest BCUT2D eigenvalue weighted by Gasteiger charge is 2.38. The number of ether oxygens (including phenoxy) is 1. The van der Waals surface area contributed by atoms with Crippen LogP contribution in [0.1, 0.15) is 43.0 Å². The Kier molecular flexibility index (Phi) is 6.44. The number of rotatable bonds is 8. The molecule has 1 atom stereocenters. The van der Waals surface area contributed by atoms with Crippen LogP contribution in [-0.4, -0.2) is 67.1 Å². The second-order valence-corrected chi connectivity index (χ2v) is 8.18. The molecule has 0 unspecified atom stereocenters. The summed E-state index contributed by atoms with van der Waals surface area (Å²) < 4.78 is 5.79. The molecule has 0 radical (unpaired) electrons. The van der Waals surface area contributed by atoms with E-state index in [9.17, 15) is 9.59 Å². The molecule has 1 aliphatic heterocycles. The van der Waals surface area contributed by atoms with E-state index in [2.05, 4.69) is 34.5 Å². The summed E-state index contributed by atoms with van der Waals surface area (Å²) in [6.07, 6.45) is 7.26. The maximum atomic E-state index is 12.8. The SMILES string of the molecule is CN1CCC(NC(=O)[C@@H](COCC2(C)CC2)NC(=O)c2cccnc2)CC1. The number of hydrogen-bond acceptors (Lipinski definition) is 5. The van der Waals surface area contributed by atoms with Gasteiger partial charge in [0.1, 0.15) is 6.04 Å². The third-order valence-corrected chi connectivity index (χ3v) is 5.45. The second-order valence-electron chi connectivity index (χ2n) is 8.18. The Bertz CT molecular complexity index is 640. The molecule has 7 nitrogen and oxygen atoms in total. The number of amides is 2. The number of carbonyl (C=O) groups is 2. The average Bonchev–Trinajstić information content (AvgIpc) is 3.40. The minimum absolute atomic E-state index is 0.146. The van der Waals surface area contributed by atoms with Gasteiger partial charge in [-0.15, -0.1) is 0 Å².